The van der Waals surface area contributed by atoms with Crippen LogP contribution in [0.4, 0.5) is 5.13 Å². The van der Waals surface area contributed by atoms with Gasteiger partial charge in [-0.3, -0.25) is 0 Å². The van der Waals surface area contributed by atoms with Gasteiger partial charge in [-0.1, -0.05) is 6.42 Å². The van der Waals surface area contributed by atoms with Gasteiger partial charge in [0, 0.05) is 43.6 Å². The Morgan fingerprint density at radius 3 is 3.00 bits per heavy atom. The zero-order valence-corrected chi connectivity index (χ0v) is 13.4. The highest BCUT2D eigenvalue weighted by molar-refractivity contribution is 7.09. The van der Waals surface area contributed by atoms with Gasteiger partial charge in [0.2, 0.25) is 5.13 Å². The molecule has 0 bridgehead atoms. The molecule has 2 saturated heterocycles. The molecule has 0 aromatic carbocycles. The summed E-state index contributed by atoms with van der Waals surface area (Å²) in [7, 11) is 1.72. The molecule has 3 aliphatic rings. The lowest BCUT2D eigenvalue weighted by Crippen LogP contribution is -2.71. The van der Waals surface area contributed by atoms with Gasteiger partial charge in [-0.15, -0.1) is 0 Å². The molecule has 1 aromatic heterocycles. The predicted molar refractivity (Wildman–Crippen MR) is 81.9 cm³/mol. The zero-order chi connectivity index (χ0) is 14.3. The Labute approximate surface area is 129 Å². The van der Waals surface area contributed by atoms with Gasteiger partial charge in [-0.2, -0.15) is 4.37 Å². The lowest BCUT2D eigenvalue weighted by atomic mass is 9.56. The van der Waals surface area contributed by atoms with Crippen LogP contribution in [0, 0.1) is 5.41 Å². The van der Waals surface area contributed by atoms with Gasteiger partial charge < -0.3 is 14.4 Å². The van der Waals surface area contributed by atoms with Gasteiger partial charge in [0.15, 0.2) is 0 Å². The Balaban J connectivity index is 1.50. The van der Waals surface area contributed by atoms with Gasteiger partial charge in [0.05, 0.1) is 18.8 Å². The fraction of sp³-hybridized carbons (Fsp3) is 0.867. The average Bonchev–Trinajstić information content (AvgIpc) is 3.05. The molecule has 3 fully saturated rings. The minimum Gasteiger partial charge on any atom is -0.384 e. The summed E-state index contributed by atoms with van der Waals surface area (Å²) in [6.07, 6.45) is 7.74. The quantitative estimate of drug-likeness (QED) is 0.835. The van der Waals surface area contributed by atoms with E-state index in [1.165, 1.54) is 43.6 Å². The van der Waals surface area contributed by atoms with Gasteiger partial charge in [-0.25, -0.2) is 4.98 Å². The maximum absolute atomic E-state index is 6.01. The van der Waals surface area contributed by atoms with Crippen molar-refractivity contribution in [2.75, 3.05) is 31.8 Å². The monoisotopic (exact) mass is 309 g/mol. The molecule has 0 radical (unpaired) electrons. The molecule has 1 aliphatic carbocycles. The molecular weight excluding hydrogens is 286 g/mol. The first-order valence-corrected chi connectivity index (χ1v) is 8.79. The van der Waals surface area contributed by atoms with Crippen molar-refractivity contribution in [1.82, 2.24) is 9.36 Å². The minimum atomic E-state index is 0.408. The number of hydrogen-bond acceptors (Lipinski definition) is 6. The third-order valence-corrected chi connectivity index (χ3v) is 6.14. The number of rotatable bonds is 5. The summed E-state index contributed by atoms with van der Waals surface area (Å²) in [5.74, 6) is 0.914. The van der Waals surface area contributed by atoms with Crippen LogP contribution >= 0.6 is 11.5 Å². The average molecular weight is 309 g/mol. The molecule has 0 amide bonds. The van der Waals surface area contributed by atoms with E-state index in [9.17, 15) is 0 Å². The molecule has 2 unspecified atom stereocenters. The second kappa shape index (κ2) is 5.48. The van der Waals surface area contributed by atoms with Crippen LogP contribution in [0.1, 0.15) is 37.9 Å². The normalized spacial score (nSPS) is 30.4. The maximum Gasteiger partial charge on any atom is 0.205 e. The predicted octanol–water partition coefficient (Wildman–Crippen LogP) is 2.26. The maximum atomic E-state index is 6.01. The molecule has 4 rings (SSSR count). The van der Waals surface area contributed by atoms with Crippen molar-refractivity contribution in [3.63, 3.8) is 0 Å². The first kappa shape index (κ1) is 13.9. The Morgan fingerprint density at radius 1 is 1.43 bits per heavy atom. The van der Waals surface area contributed by atoms with Crippen molar-refractivity contribution in [3.05, 3.63) is 5.82 Å². The van der Waals surface area contributed by atoms with Crippen molar-refractivity contribution in [1.29, 1.82) is 0 Å². The summed E-state index contributed by atoms with van der Waals surface area (Å²) in [4.78, 5) is 7.17. The fourth-order valence-corrected chi connectivity index (χ4v) is 4.87. The Hall–Kier alpha value is -0.720. The Morgan fingerprint density at radius 2 is 2.33 bits per heavy atom. The number of anilines is 1. The standard InChI is InChI=1S/C15H23N3O2S/c1-19-9-5-12-16-14(21-17-12)18-10-15(6-3-7-15)13(18)11-4-2-8-20-11/h11,13H,2-10H2,1H3. The molecule has 6 heteroatoms. The highest BCUT2D eigenvalue weighted by Crippen LogP contribution is 2.56. The summed E-state index contributed by atoms with van der Waals surface area (Å²) >= 11 is 1.54. The van der Waals surface area contributed by atoms with Crippen molar-refractivity contribution >= 4 is 16.7 Å². The summed E-state index contributed by atoms with van der Waals surface area (Å²) in [6, 6.07) is 0.539. The smallest absolute Gasteiger partial charge is 0.205 e. The lowest BCUT2D eigenvalue weighted by molar-refractivity contribution is -0.0490. The highest BCUT2D eigenvalue weighted by atomic mass is 32.1. The van der Waals surface area contributed by atoms with Crippen molar-refractivity contribution in [3.8, 4) is 0 Å². The van der Waals surface area contributed by atoms with E-state index in [1.54, 1.807) is 7.11 Å². The van der Waals surface area contributed by atoms with Gasteiger partial charge in [-0.05, 0) is 25.7 Å². The summed E-state index contributed by atoms with van der Waals surface area (Å²) in [5.41, 5.74) is 0.521. The zero-order valence-electron chi connectivity index (χ0n) is 12.6. The number of methoxy groups -OCH3 is 1. The second-order valence-corrected chi connectivity index (χ2v) is 7.31. The summed E-state index contributed by atoms with van der Waals surface area (Å²) in [6.45, 7) is 2.77. The Kier molecular flexibility index (Phi) is 3.63. The van der Waals surface area contributed by atoms with Gasteiger partial charge in [0.1, 0.15) is 5.82 Å². The van der Waals surface area contributed by atoms with Crippen molar-refractivity contribution in [2.24, 2.45) is 5.41 Å². The fourth-order valence-electron chi connectivity index (χ4n) is 4.12. The van der Waals surface area contributed by atoms with Crippen LogP contribution in [-0.2, 0) is 15.9 Å². The summed E-state index contributed by atoms with van der Waals surface area (Å²) in [5, 5.41) is 1.08. The first-order valence-electron chi connectivity index (χ1n) is 8.02. The lowest BCUT2D eigenvalue weighted by Gasteiger charge is -2.63. The van der Waals surface area contributed by atoms with Crippen molar-refractivity contribution < 1.29 is 9.47 Å². The van der Waals surface area contributed by atoms with E-state index in [-0.39, 0.29) is 0 Å². The molecule has 5 nitrogen and oxygen atoms in total. The van der Waals surface area contributed by atoms with Crippen LogP contribution in [-0.4, -0.2) is 48.4 Å². The molecule has 3 heterocycles. The number of ether oxygens (including phenoxy) is 2. The summed E-state index contributed by atoms with van der Waals surface area (Å²) < 4.78 is 15.6. The van der Waals surface area contributed by atoms with E-state index in [4.69, 9.17) is 14.5 Å². The van der Waals surface area contributed by atoms with E-state index >= 15 is 0 Å². The molecule has 0 N–H and O–H groups in total. The van der Waals surface area contributed by atoms with Crippen LogP contribution in [0.2, 0.25) is 0 Å². The van der Waals surface area contributed by atoms with Gasteiger partial charge in [0.25, 0.3) is 0 Å². The van der Waals surface area contributed by atoms with E-state index in [0.717, 1.165) is 30.5 Å². The van der Waals surface area contributed by atoms with Gasteiger partial charge >= 0.3 is 0 Å². The molecule has 2 atom stereocenters. The van der Waals surface area contributed by atoms with Crippen LogP contribution in [0.25, 0.3) is 0 Å². The van der Waals surface area contributed by atoms with Crippen LogP contribution in [0.15, 0.2) is 0 Å². The molecule has 2 aliphatic heterocycles. The molecule has 116 valence electrons. The third kappa shape index (κ3) is 2.28. The molecule has 1 saturated carbocycles. The SMILES string of the molecule is COCCc1nsc(N2CC3(CCC3)C2C2CCCO2)n1. The topological polar surface area (TPSA) is 47.5 Å². The largest absolute Gasteiger partial charge is 0.384 e. The minimum absolute atomic E-state index is 0.408. The molecule has 1 spiro atoms. The van der Waals surface area contributed by atoms with E-state index < -0.39 is 0 Å². The number of aromatic nitrogens is 2. The van der Waals surface area contributed by atoms with Crippen molar-refractivity contribution in [2.45, 2.75) is 50.7 Å². The second-order valence-electron chi connectivity index (χ2n) is 6.58. The van der Waals surface area contributed by atoms with E-state index in [0.29, 0.717) is 24.2 Å². The molecule has 21 heavy (non-hydrogen) atoms. The highest BCUT2D eigenvalue weighted by Gasteiger charge is 2.59. The molecular formula is C15H23N3O2S. The van der Waals surface area contributed by atoms with Crippen LogP contribution in [0.5, 0.6) is 0 Å². The molecule has 1 aromatic rings. The van der Waals surface area contributed by atoms with E-state index in [1.807, 2.05) is 0 Å². The number of nitrogens with zero attached hydrogens (tertiary/aromatic N) is 3. The third-order valence-electron chi connectivity index (χ3n) is 5.35. The number of hydrogen-bond donors (Lipinski definition) is 0. The van der Waals surface area contributed by atoms with Crippen LogP contribution in [0.3, 0.4) is 0 Å². The van der Waals surface area contributed by atoms with Crippen LogP contribution < -0.4 is 4.90 Å². The first-order chi connectivity index (χ1) is 10.3. The Bertz CT molecular complexity index is 497. The van der Waals surface area contributed by atoms with E-state index in [2.05, 4.69) is 9.27 Å².